The van der Waals surface area contributed by atoms with Crippen LogP contribution in [0, 0.1) is 0 Å². The highest BCUT2D eigenvalue weighted by Crippen LogP contribution is 2.26. The van der Waals surface area contributed by atoms with E-state index in [2.05, 4.69) is 10.3 Å². The lowest BCUT2D eigenvalue weighted by atomic mass is 10.1. The molecule has 8 heteroatoms. The number of ether oxygens (including phenoxy) is 1. The van der Waals surface area contributed by atoms with E-state index >= 15 is 0 Å². The SMILES string of the molecule is O=C(COC(=O)Cc1csc(-c2cccc(Cl)c2)n1)NCCc1cccc(Cl)c1. The number of hydrogen-bond donors (Lipinski definition) is 1. The standard InChI is InChI=1S/C21H18Cl2N2O3S/c22-16-5-1-3-14(9-16)7-8-24-19(26)12-28-20(27)11-18-13-29-21(25-18)15-4-2-6-17(23)10-15/h1-6,9-10,13H,7-8,11-12H2,(H,24,26). The second-order valence-electron chi connectivity index (χ2n) is 6.22. The second-order valence-corrected chi connectivity index (χ2v) is 7.95. The Morgan fingerprint density at radius 2 is 1.83 bits per heavy atom. The Morgan fingerprint density at radius 3 is 2.59 bits per heavy atom. The largest absolute Gasteiger partial charge is 0.455 e. The molecular formula is C21H18Cl2N2O3S. The van der Waals surface area contributed by atoms with Gasteiger partial charge >= 0.3 is 5.97 Å². The number of nitrogens with one attached hydrogen (secondary N) is 1. The molecule has 1 heterocycles. The molecule has 0 bridgehead atoms. The molecule has 1 N–H and O–H groups in total. The Balaban J connectivity index is 1.40. The summed E-state index contributed by atoms with van der Waals surface area (Å²) in [5.74, 6) is -0.851. The molecule has 5 nitrogen and oxygen atoms in total. The van der Waals surface area contributed by atoms with Crippen molar-refractivity contribution in [3.8, 4) is 10.6 Å². The summed E-state index contributed by atoms with van der Waals surface area (Å²) in [5, 5.41) is 6.56. The Bertz CT molecular complexity index is 1010. The molecule has 0 saturated carbocycles. The van der Waals surface area contributed by atoms with Gasteiger partial charge in [-0.2, -0.15) is 0 Å². The molecule has 0 spiro atoms. The van der Waals surface area contributed by atoms with Gasteiger partial charge in [0.15, 0.2) is 6.61 Å². The summed E-state index contributed by atoms with van der Waals surface area (Å²) in [7, 11) is 0. The molecule has 0 aliphatic rings. The molecule has 0 saturated heterocycles. The van der Waals surface area contributed by atoms with Crippen LogP contribution in [0.5, 0.6) is 0 Å². The van der Waals surface area contributed by atoms with E-state index in [1.807, 2.05) is 36.4 Å². The number of amides is 1. The van der Waals surface area contributed by atoms with E-state index in [9.17, 15) is 9.59 Å². The first-order valence-electron chi connectivity index (χ1n) is 8.87. The molecule has 0 atom stereocenters. The number of carbonyl (C=O) groups excluding carboxylic acids is 2. The van der Waals surface area contributed by atoms with Crippen LogP contribution in [0.25, 0.3) is 10.6 Å². The number of aromatic nitrogens is 1. The monoisotopic (exact) mass is 448 g/mol. The van der Waals surface area contributed by atoms with Crippen molar-refractivity contribution in [2.24, 2.45) is 0 Å². The first kappa shape index (κ1) is 21.3. The van der Waals surface area contributed by atoms with E-state index in [4.69, 9.17) is 27.9 Å². The highest BCUT2D eigenvalue weighted by molar-refractivity contribution is 7.13. The summed E-state index contributed by atoms with van der Waals surface area (Å²) in [4.78, 5) is 28.2. The molecule has 0 fully saturated rings. The molecule has 3 rings (SSSR count). The van der Waals surface area contributed by atoms with Crippen LogP contribution in [0.2, 0.25) is 10.0 Å². The van der Waals surface area contributed by atoms with Crippen LogP contribution in [-0.4, -0.2) is 30.0 Å². The average molecular weight is 449 g/mol. The molecular weight excluding hydrogens is 431 g/mol. The first-order valence-corrected chi connectivity index (χ1v) is 10.5. The summed E-state index contributed by atoms with van der Waals surface area (Å²) < 4.78 is 5.04. The molecule has 3 aromatic rings. The van der Waals surface area contributed by atoms with Crippen LogP contribution in [0.1, 0.15) is 11.3 Å². The van der Waals surface area contributed by atoms with E-state index in [0.29, 0.717) is 28.7 Å². The summed E-state index contributed by atoms with van der Waals surface area (Å²) in [6.07, 6.45) is 0.651. The number of nitrogens with zero attached hydrogens (tertiary/aromatic N) is 1. The van der Waals surface area contributed by atoms with Gasteiger partial charge in [-0.1, -0.05) is 47.5 Å². The van der Waals surface area contributed by atoms with Gasteiger partial charge in [0.25, 0.3) is 5.91 Å². The fraction of sp³-hybridized carbons (Fsp3) is 0.190. The third kappa shape index (κ3) is 6.85. The molecule has 2 aromatic carbocycles. The van der Waals surface area contributed by atoms with Gasteiger partial charge in [0.1, 0.15) is 5.01 Å². The van der Waals surface area contributed by atoms with Gasteiger partial charge < -0.3 is 10.1 Å². The van der Waals surface area contributed by atoms with Crippen molar-refractivity contribution >= 4 is 46.4 Å². The van der Waals surface area contributed by atoms with Crippen LogP contribution in [-0.2, 0) is 27.2 Å². The summed E-state index contributed by atoms with van der Waals surface area (Å²) in [6, 6.07) is 14.8. The number of halogens is 2. The van der Waals surface area contributed by atoms with Crippen LogP contribution in [0.3, 0.4) is 0 Å². The predicted octanol–water partition coefficient (Wildman–Crippen LogP) is 4.56. The smallest absolute Gasteiger partial charge is 0.312 e. The lowest BCUT2D eigenvalue weighted by Gasteiger charge is -2.06. The Labute approximate surface area is 182 Å². The quantitative estimate of drug-likeness (QED) is 0.512. The maximum Gasteiger partial charge on any atom is 0.312 e. The van der Waals surface area contributed by atoms with E-state index in [1.54, 1.807) is 17.5 Å². The lowest BCUT2D eigenvalue weighted by molar-refractivity contribution is -0.147. The van der Waals surface area contributed by atoms with Crippen LogP contribution < -0.4 is 5.32 Å². The van der Waals surface area contributed by atoms with Gasteiger partial charge in [-0.05, 0) is 36.2 Å². The molecule has 29 heavy (non-hydrogen) atoms. The Hall–Kier alpha value is -2.41. The summed E-state index contributed by atoms with van der Waals surface area (Å²) in [6.45, 7) is 0.117. The van der Waals surface area contributed by atoms with Crippen LogP contribution in [0.4, 0.5) is 0 Å². The van der Waals surface area contributed by atoms with E-state index in [1.165, 1.54) is 11.3 Å². The molecule has 0 radical (unpaired) electrons. The van der Waals surface area contributed by atoms with E-state index in [-0.39, 0.29) is 18.9 Å². The highest BCUT2D eigenvalue weighted by Gasteiger charge is 2.12. The fourth-order valence-electron chi connectivity index (χ4n) is 2.58. The van der Waals surface area contributed by atoms with Crippen molar-refractivity contribution in [2.45, 2.75) is 12.8 Å². The first-order chi connectivity index (χ1) is 14.0. The normalized spacial score (nSPS) is 10.6. The van der Waals surface area contributed by atoms with Gasteiger partial charge in [-0.25, -0.2) is 4.98 Å². The maximum absolute atomic E-state index is 12.0. The topological polar surface area (TPSA) is 68.3 Å². The number of rotatable bonds is 8. The molecule has 150 valence electrons. The number of hydrogen-bond acceptors (Lipinski definition) is 5. The molecule has 1 aromatic heterocycles. The van der Waals surface area contributed by atoms with Crippen LogP contribution in [0.15, 0.2) is 53.9 Å². The Morgan fingerprint density at radius 1 is 1.07 bits per heavy atom. The van der Waals surface area contributed by atoms with Crippen LogP contribution >= 0.6 is 34.5 Å². The van der Waals surface area contributed by atoms with Gasteiger partial charge in [-0.3, -0.25) is 9.59 Å². The minimum absolute atomic E-state index is 0.00681. The molecule has 0 aliphatic heterocycles. The lowest BCUT2D eigenvalue weighted by Crippen LogP contribution is -2.30. The van der Waals surface area contributed by atoms with Gasteiger partial charge in [0, 0.05) is 27.5 Å². The van der Waals surface area contributed by atoms with Crippen molar-refractivity contribution in [1.29, 1.82) is 0 Å². The van der Waals surface area contributed by atoms with Crippen molar-refractivity contribution in [2.75, 3.05) is 13.2 Å². The minimum atomic E-state index is -0.502. The molecule has 1 amide bonds. The third-order valence-electron chi connectivity index (χ3n) is 3.94. The highest BCUT2D eigenvalue weighted by atomic mass is 35.5. The van der Waals surface area contributed by atoms with E-state index < -0.39 is 5.97 Å². The molecule has 0 unspecified atom stereocenters. The second kappa shape index (κ2) is 10.4. The maximum atomic E-state index is 12.0. The predicted molar refractivity (Wildman–Crippen MR) is 115 cm³/mol. The zero-order valence-electron chi connectivity index (χ0n) is 15.4. The van der Waals surface area contributed by atoms with Gasteiger partial charge in [0.05, 0.1) is 12.1 Å². The van der Waals surface area contributed by atoms with Crippen molar-refractivity contribution in [3.05, 3.63) is 75.2 Å². The zero-order valence-corrected chi connectivity index (χ0v) is 17.7. The number of esters is 1. The zero-order chi connectivity index (χ0) is 20.6. The average Bonchev–Trinajstić information content (AvgIpc) is 3.15. The van der Waals surface area contributed by atoms with Gasteiger partial charge in [-0.15, -0.1) is 11.3 Å². The van der Waals surface area contributed by atoms with Gasteiger partial charge in [0.2, 0.25) is 0 Å². The number of benzene rings is 2. The van der Waals surface area contributed by atoms with E-state index in [0.717, 1.165) is 16.1 Å². The Kier molecular flexibility index (Phi) is 7.63. The fourth-order valence-corrected chi connectivity index (χ4v) is 3.80. The number of carbonyl (C=O) groups is 2. The molecule has 0 aliphatic carbocycles. The number of thiazole rings is 1. The van der Waals surface area contributed by atoms with Crippen molar-refractivity contribution < 1.29 is 14.3 Å². The minimum Gasteiger partial charge on any atom is -0.455 e. The summed E-state index contributed by atoms with van der Waals surface area (Å²) >= 11 is 13.3. The third-order valence-corrected chi connectivity index (χ3v) is 5.35. The van der Waals surface area contributed by atoms with Crippen molar-refractivity contribution in [3.63, 3.8) is 0 Å². The van der Waals surface area contributed by atoms with Crippen molar-refractivity contribution in [1.82, 2.24) is 10.3 Å². The summed E-state index contributed by atoms with van der Waals surface area (Å²) in [5.41, 5.74) is 2.51.